The molecule has 6 nitrogen and oxygen atoms in total. The van der Waals surface area contributed by atoms with Gasteiger partial charge in [-0.15, -0.1) is 0 Å². The zero-order valence-corrected chi connectivity index (χ0v) is 18.1. The van der Waals surface area contributed by atoms with Gasteiger partial charge in [0.2, 0.25) is 5.91 Å². The Labute approximate surface area is 194 Å². The van der Waals surface area contributed by atoms with Gasteiger partial charge in [-0.25, -0.2) is 0 Å². The van der Waals surface area contributed by atoms with Crippen LogP contribution in [0.4, 0.5) is 5.69 Å². The van der Waals surface area contributed by atoms with E-state index in [0.717, 1.165) is 15.8 Å². The highest BCUT2D eigenvalue weighted by molar-refractivity contribution is 6.30. The fourth-order valence-electron chi connectivity index (χ4n) is 4.06. The molecule has 7 heteroatoms. The van der Waals surface area contributed by atoms with Crippen molar-refractivity contribution in [2.45, 2.75) is 12.5 Å². The van der Waals surface area contributed by atoms with E-state index in [1.807, 2.05) is 24.3 Å². The number of rotatable bonds is 5. The van der Waals surface area contributed by atoms with Crippen LogP contribution in [0.1, 0.15) is 26.3 Å². The molecule has 1 N–H and O–H groups in total. The average Bonchev–Trinajstić information content (AvgIpc) is 3.09. The highest BCUT2D eigenvalue weighted by Crippen LogP contribution is 2.28. The third kappa shape index (κ3) is 3.85. The van der Waals surface area contributed by atoms with Crippen LogP contribution in [0.5, 0.6) is 0 Å². The molecule has 1 aliphatic heterocycles. The number of benzene rings is 3. The molecular formula is C26H18ClN3O3. The van der Waals surface area contributed by atoms with E-state index < -0.39 is 23.8 Å². The van der Waals surface area contributed by atoms with Crippen molar-refractivity contribution in [3.8, 4) is 0 Å². The van der Waals surface area contributed by atoms with E-state index >= 15 is 0 Å². The van der Waals surface area contributed by atoms with Crippen molar-refractivity contribution in [1.82, 2.24) is 9.88 Å². The number of nitrogens with zero attached hydrogens (tertiary/aromatic N) is 2. The van der Waals surface area contributed by atoms with Gasteiger partial charge in [0.05, 0.1) is 22.3 Å². The lowest BCUT2D eigenvalue weighted by atomic mass is 10.0. The molecule has 2 heterocycles. The van der Waals surface area contributed by atoms with E-state index in [0.29, 0.717) is 27.4 Å². The van der Waals surface area contributed by atoms with E-state index in [1.54, 1.807) is 60.8 Å². The fourth-order valence-corrected chi connectivity index (χ4v) is 4.18. The van der Waals surface area contributed by atoms with Gasteiger partial charge in [-0.05, 0) is 42.0 Å². The number of anilines is 1. The Balaban J connectivity index is 1.52. The van der Waals surface area contributed by atoms with Crippen molar-refractivity contribution in [1.29, 1.82) is 0 Å². The van der Waals surface area contributed by atoms with Gasteiger partial charge in [-0.2, -0.15) is 0 Å². The predicted molar refractivity (Wildman–Crippen MR) is 126 cm³/mol. The van der Waals surface area contributed by atoms with E-state index in [-0.39, 0.29) is 6.42 Å². The van der Waals surface area contributed by atoms with Gasteiger partial charge in [0.15, 0.2) is 0 Å². The third-order valence-electron chi connectivity index (χ3n) is 5.67. The number of pyridine rings is 1. The van der Waals surface area contributed by atoms with Crippen molar-refractivity contribution >= 4 is 45.9 Å². The van der Waals surface area contributed by atoms with E-state index in [2.05, 4.69) is 10.3 Å². The van der Waals surface area contributed by atoms with Crippen LogP contribution in [0.25, 0.3) is 10.9 Å². The van der Waals surface area contributed by atoms with E-state index in [9.17, 15) is 14.4 Å². The van der Waals surface area contributed by atoms with Crippen molar-refractivity contribution in [2.75, 3.05) is 5.32 Å². The van der Waals surface area contributed by atoms with Gasteiger partial charge >= 0.3 is 0 Å². The quantitative estimate of drug-likeness (QED) is 0.441. The molecule has 3 aromatic carbocycles. The Morgan fingerprint density at radius 2 is 1.55 bits per heavy atom. The third-order valence-corrected chi connectivity index (χ3v) is 5.92. The largest absolute Gasteiger partial charge is 0.322 e. The average molecular weight is 456 g/mol. The smallest absolute Gasteiger partial charge is 0.262 e. The lowest BCUT2D eigenvalue weighted by Gasteiger charge is -2.26. The van der Waals surface area contributed by atoms with Crippen LogP contribution in [0, 0.1) is 0 Å². The van der Waals surface area contributed by atoms with Gasteiger partial charge in [0.1, 0.15) is 6.04 Å². The number of aromatic nitrogens is 1. The maximum atomic E-state index is 13.5. The maximum Gasteiger partial charge on any atom is 0.262 e. The second-order valence-electron chi connectivity index (χ2n) is 7.74. The molecule has 0 saturated heterocycles. The summed E-state index contributed by atoms with van der Waals surface area (Å²) in [6.07, 6.45) is 1.79. The summed E-state index contributed by atoms with van der Waals surface area (Å²) in [6.45, 7) is 0. The van der Waals surface area contributed by atoms with Crippen LogP contribution in [-0.4, -0.2) is 33.6 Å². The molecule has 33 heavy (non-hydrogen) atoms. The van der Waals surface area contributed by atoms with Crippen LogP contribution in [0.2, 0.25) is 5.02 Å². The number of amides is 3. The summed E-state index contributed by atoms with van der Waals surface area (Å²) in [5.74, 6) is -1.45. The Morgan fingerprint density at radius 3 is 2.24 bits per heavy atom. The summed E-state index contributed by atoms with van der Waals surface area (Å²) in [5, 5.41) is 4.31. The second kappa shape index (κ2) is 8.48. The molecule has 5 rings (SSSR count). The molecule has 0 fully saturated rings. The molecule has 1 atom stereocenters. The minimum Gasteiger partial charge on any atom is -0.322 e. The van der Waals surface area contributed by atoms with Crippen LogP contribution in [0.3, 0.4) is 0 Å². The zero-order chi connectivity index (χ0) is 22.9. The molecule has 0 radical (unpaired) electrons. The van der Waals surface area contributed by atoms with Crippen LogP contribution < -0.4 is 5.32 Å². The number of fused-ring (bicyclic) bond motifs is 2. The lowest BCUT2D eigenvalue weighted by molar-refractivity contribution is -0.119. The summed E-state index contributed by atoms with van der Waals surface area (Å²) in [4.78, 5) is 45.3. The first-order chi connectivity index (χ1) is 16.0. The summed E-state index contributed by atoms with van der Waals surface area (Å²) in [6, 6.07) is 21.7. The second-order valence-corrected chi connectivity index (χ2v) is 8.18. The van der Waals surface area contributed by atoms with Gasteiger partial charge in [-0.3, -0.25) is 24.3 Å². The molecule has 0 saturated carbocycles. The first kappa shape index (κ1) is 20.8. The molecule has 0 aliphatic carbocycles. The first-order valence-electron chi connectivity index (χ1n) is 10.4. The highest BCUT2D eigenvalue weighted by Gasteiger charge is 2.42. The van der Waals surface area contributed by atoms with Gasteiger partial charge < -0.3 is 5.32 Å². The monoisotopic (exact) mass is 455 g/mol. The summed E-state index contributed by atoms with van der Waals surface area (Å²) >= 11 is 6.00. The number of imide groups is 1. The molecule has 1 aliphatic rings. The number of carbonyl (C=O) groups excluding carboxylic acids is 3. The maximum absolute atomic E-state index is 13.5. The van der Waals surface area contributed by atoms with Gasteiger partial charge in [0, 0.05) is 23.0 Å². The first-order valence-corrected chi connectivity index (χ1v) is 10.8. The van der Waals surface area contributed by atoms with E-state index in [1.165, 1.54) is 0 Å². The number of halogens is 1. The number of nitrogens with one attached hydrogen (secondary N) is 1. The Hall–Kier alpha value is -4.03. The molecule has 0 spiro atoms. The van der Waals surface area contributed by atoms with Gasteiger partial charge in [-0.1, -0.05) is 54.1 Å². The highest BCUT2D eigenvalue weighted by atomic mass is 35.5. The minimum absolute atomic E-state index is 0.146. The van der Waals surface area contributed by atoms with Crippen LogP contribution in [-0.2, 0) is 11.2 Å². The Morgan fingerprint density at radius 1 is 0.879 bits per heavy atom. The zero-order valence-electron chi connectivity index (χ0n) is 17.4. The summed E-state index contributed by atoms with van der Waals surface area (Å²) < 4.78 is 0. The summed E-state index contributed by atoms with van der Waals surface area (Å²) in [7, 11) is 0. The number of carbonyl (C=O) groups is 3. The van der Waals surface area contributed by atoms with Crippen molar-refractivity contribution in [3.63, 3.8) is 0 Å². The lowest BCUT2D eigenvalue weighted by Crippen LogP contribution is -2.48. The van der Waals surface area contributed by atoms with Crippen LogP contribution in [0.15, 0.2) is 85.1 Å². The predicted octanol–water partition coefficient (Wildman–Crippen LogP) is 4.73. The van der Waals surface area contributed by atoms with Crippen molar-refractivity contribution < 1.29 is 14.4 Å². The molecule has 162 valence electrons. The molecule has 3 amide bonds. The molecular weight excluding hydrogens is 438 g/mol. The van der Waals surface area contributed by atoms with Crippen molar-refractivity contribution in [2.24, 2.45) is 0 Å². The number of hydrogen-bond donors (Lipinski definition) is 1. The normalized spacial score (nSPS) is 13.8. The van der Waals surface area contributed by atoms with E-state index in [4.69, 9.17) is 11.6 Å². The Kier molecular flexibility index (Phi) is 5.36. The van der Waals surface area contributed by atoms with Crippen molar-refractivity contribution in [3.05, 3.63) is 107 Å². The SMILES string of the molecule is O=C(Nc1cccc2cccnc12)[C@H](Cc1ccc(Cl)cc1)N1C(=O)c2ccccc2C1=O. The topological polar surface area (TPSA) is 79.4 Å². The summed E-state index contributed by atoms with van der Waals surface area (Å²) in [5.41, 5.74) is 2.50. The standard InChI is InChI=1S/C26H18ClN3O3/c27-18-12-10-16(11-13-18)15-22(30-25(32)19-7-1-2-8-20(19)26(30)33)24(31)29-21-9-3-5-17-6-4-14-28-23(17)21/h1-14,22H,15H2,(H,29,31)/t22-/m0/s1. The van der Waals surface area contributed by atoms with Gasteiger partial charge in [0.25, 0.3) is 11.8 Å². The minimum atomic E-state index is -1.06. The fraction of sp³-hybridized carbons (Fsp3) is 0.0769. The molecule has 1 aromatic heterocycles. The molecule has 4 aromatic rings. The number of hydrogen-bond acceptors (Lipinski definition) is 4. The molecule has 0 bridgehead atoms. The molecule has 0 unspecified atom stereocenters. The number of para-hydroxylation sites is 1. The Bertz CT molecular complexity index is 1360. The van der Waals surface area contributed by atoms with Crippen LogP contribution >= 0.6 is 11.6 Å².